The lowest BCUT2D eigenvalue weighted by atomic mass is 10.2. The molecule has 19 heavy (non-hydrogen) atoms. The van der Waals surface area contributed by atoms with Crippen molar-refractivity contribution < 1.29 is 17.9 Å². The van der Waals surface area contributed by atoms with Gasteiger partial charge in [-0.2, -0.15) is 5.26 Å². The minimum atomic E-state index is -0.755. The molecule has 0 aliphatic carbocycles. The maximum absolute atomic E-state index is 13.4. The summed E-state index contributed by atoms with van der Waals surface area (Å²) in [5.74, 6) is -2.13. The second kappa shape index (κ2) is 5.44. The van der Waals surface area contributed by atoms with Crippen LogP contribution in [0.2, 0.25) is 0 Å². The van der Waals surface area contributed by atoms with Crippen molar-refractivity contribution in [2.24, 2.45) is 0 Å². The van der Waals surface area contributed by atoms with Gasteiger partial charge in [0, 0.05) is 11.6 Å². The van der Waals surface area contributed by atoms with Crippen LogP contribution in [0, 0.1) is 28.8 Å². The molecule has 0 N–H and O–H groups in total. The number of hydrogen-bond acceptors (Lipinski definition) is 2. The zero-order valence-electron chi connectivity index (χ0n) is 9.66. The molecule has 0 atom stereocenters. The molecule has 0 aromatic heterocycles. The SMILES string of the molecule is N#Cc1c(F)cccc1OCc1ccc(F)cc1F. The second-order valence-electron chi connectivity index (χ2n) is 3.75. The van der Waals surface area contributed by atoms with Crippen LogP contribution in [0.4, 0.5) is 13.2 Å². The first-order chi connectivity index (χ1) is 9.11. The Labute approximate surface area is 107 Å². The number of halogens is 3. The smallest absolute Gasteiger partial charge is 0.144 e. The monoisotopic (exact) mass is 263 g/mol. The summed E-state index contributed by atoms with van der Waals surface area (Å²) in [4.78, 5) is 0. The Morgan fingerprint density at radius 2 is 1.84 bits per heavy atom. The maximum atomic E-state index is 13.4. The van der Waals surface area contributed by atoms with Gasteiger partial charge in [0.15, 0.2) is 0 Å². The van der Waals surface area contributed by atoms with Crippen LogP contribution in [0.1, 0.15) is 11.1 Å². The number of rotatable bonds is 3. The van der Waals surface area contributed by atoms with Gasteiger partial charge in [0.2, 0.25) is 0 Å². The molecular formula is C14H8F3NO. The van der Waals surface area contributed by atoms with E-state index in [1.807, 2.05) is 0 Å². The Bertz CT molecular complexity index is 650. The predicted molar refractivity (Wildman–Crippen MR) is 61.8 cm³/mol. The highest BCUT2D eigenvalue weighted by Crippen LogP contribution is 2.22. The van der Waals surface area contributed by atoms with Gasteiger partial charge in [-0.15, -0.1) is 0 Å². The van der Waals surface area contributed by atoms with Crippen molar-refractivity contribution in [2.75, 3.05) is 0 Å². The van der Waals surface area contributed by atoms with E-state index in [0.29, 0.717) is 0 Å². The molecule has 0 bridgehead atoms. The Morgan fingerprint density at radius 3 is 2.53 bits per heavy atom. The van der Waals surface area contributed by atoms with Crippen LogP contribution in [-0.4, -0.2) is 0 Å². The molecule has 2 rings (SSSR count). The summed E-state index contributed by atoms with van der Waals surface area (Å²) >= 11 is 0. The Morgan fingerprint density at radius 1 is 1.05 bits per heavy atom. The van der Waals surface area contributed by atoms with Gasteiger partial charge in [-0.25, -0.2) is 13.2 Å². The fraction of sp³-hybridized carbons (Fsp3) is 0.0714. The molecule has 0 aliphatic rings. The van der Waals surface area contributed by atoms with Gasteiger partial charge in [-0.05, 0) is 24.3 Å². The van der Waals surface area contributed by atoms with E-state index in [1.54, 1.807) is 6.07 Å². The average Bonchev–Trinajstić information content (AvgIpc) is 2.38. The van der Waals surface area contributed by atoms with E-state index in [1.165, 1.54) is 18.2 Å². The van der Waals surface area contributed by atoms with Gasteiger partial charge < -0.3 is 4.74 Å². The van der Waals surface area contributed by atoms with Crippen molar-refractivity contribution >= 4 is 0 Å². The van der Waals surface area contributed by atoms with Gasteiger partial charge >= 0.3 is 0 Å². The quantitative estimate of drug-likeness (QED) is 0.848. The molecular weight excluding hydrogens is 255 g/mol. The lowest BCUT2D eigenvalue weighted by molar-refractivity contribution is 0.297. The third kappa shape index (κ3) is 2.86. The van der Waals surface area contributed by atoms with Crippen molar-refractivity contribution in [1.82, 2.24) is 0 Å². The summed E-state index contributed by atoms with van der Waals surface area (Å²) in [6.07, 6.45) is 0. The lowest BCUT2D eigenvalue weighted by Gasteiger charge is -2.09. The number of hydrogen-bond donors (Lipinski definition) is 0. The first-order valence-electron chi connectivity index (χ1n) is 5.37. The van der Waals surface area contributed by atoms with Gasteiger partial charge in [0.05, 0.1) is 0 Å². The van der Waals surface area contributed by atoms with Crippen molar-refractivity contribution in [2.45, 2.75) is 6.61 Å². The second-order valence-corrected chi connectivity index (χ2v) is 3.75. The van der Waals surface area contributed by atoms with Crippen LogP contribution >= 0.6 is 0 Å². The fourth-order valence-electron chi connectivity index (χ4n) is 1.53. The third-order valence-electron chi connectivity index (χ3n) is 2.49. The van der Waals surface area contributed by atoms with E-state index in [4.69, 9.17) is 10.00 Å². The van der Waals surface area contributed by atoms with Crippen LogP contribution in [0.15, 0.2) is 36.4 Å². The first kappa shape index (κ1) is 13.0. The molecule has 96 valence electrons. The summed E-state index contributed by atoms with van der Waals surface area (Å²) in [6, 6.07) is 8.65. The molecule has 0 unspecified atom stereocenters. The molecule has 0 fully saturated rings. The van der Waals surface area contributed by atoms with Gasteiger partial charge in [-0.3, -0.25) is 0 Å². The fourth-order valence-corrected chi connectivity index (χ4v) is 1.53. The molecule has 2 aromatic rings. The molecule has 0 spiro atoms. The minimum Gasteiger partial charge on any atom is -0.487 e. The van der Waals surface area contributed by atoms with E-state index >= 15 is 0 Å². The molecule has 0 radical (unpaired) electrons. The molecule has 0 saturated heterocycles. The highest BCUT2D eigenvalue weighted by Gasteiger charge is 2.10. The van der Waals surface area contributed by atoms with Crippen molar-refractivity contribution in [3.05, 3.63) is 65.0 Å². The van der Waals surface area contributed by atoms with Crippen molar-refractivity contribution in [3.63, 3.8) is 0 Å². The summed E-state index contributed by atoms with van der Waals surface area (Å²) in [6.45, 7) is -0.218. The molecule has 2 nitrogen and oxygen atoms in total. The number of nitrogens with zero attached hydrogens (tertiary/aromatic N) is 1. The summed E-state index contributed by atoms with van der Waals surface area (Å²) in [5, 5.41) is 8.79. The molecule has 0 saturated carbocycles. The van der Waals surface area contributed by atoms with E-state index in [9.17, 15) is 13.2 Å². The summed E-state index contributed by atoms with van der Waals surface area (Å²) in [7, 11) is 0. The van der Waals surface area contributed by atoms with Gasteiger partial charge in [0.25, 0.3) is 0 Å². The number of ether oxygens (including phenoxy) is 1. The van der Waals surface area contributed by atoms with E-state index in [2.05, 4.69) is 0 Å². The largest absolute Gasteiger partial charge is 0.487 e. The van der Waals surface area contributed by atoms with Gasteiger partial charge in [-0.1, -0.05) is 6.07 Å². The molecule has 0 heterocycles. The number of benzene rings is 2. The Balaban J connectivity index is 2.20. The van der Waals surface area contributed by atoms with E-state index in [0.717, 1.165) is 18.2 Å². The average molecular weight is 263 g/mol. The maximum Gasteiger partial charge on any atom is 0.144 e. The lowest BCUT2D eigenvalue weighted by Crippen LogP contribution is -2.01. The van der Waals surface area contributed by atoms with Crippen molar-refractivity contribution in [3.8, 4) is 11.8 Å². The summed E-state index contributed by atoms with van der Waals surface area (Å²) in [5.41, 5.74) is -0.125. The van der Waals surface area contributed by atoms with Crippen LogP contribution < -0.4 is 4.74 Å². The molecule has 0 amide bonds. The highest BCUT2D eigenvalue weighted by atomic mass is 19.1. The van der Waals surface area contributed by atoms with Crippen LogP contribution in [0.25, 0.3) is 0 Å². The van der Waals surface area contributed by atoms with Crippen LogP contribution in [0.3, 0.4) is 0 Å². The van der Waals surface area contributed by atoms with Gasteiger partial charge in [0.1, 0.15) is 41.4 Å². The van der Waals surface area contributed by atoms with Crippen LogP contribution in [0.5, 0.6) is 5.75 Å². The molecule has 0 aliphatic heterocycles. The normalized spacial score (nSPS) is 10.0. The Hall–Kier alpha value is -2.48. The minimum absolute atomic E-state index is 0.0197. The van der Waals surface area contributed by atoms with E-state index < -0.39 is 17.5 Å². The third-order valence-corrected chi connectivity index (χ3v) is 2.49. The standard InChI is InChI=1S/C14H8F3NO/c15-10-5-4-9(13(17)6-10)8-19-14-3-1-2-12(16)11(14)7-18/h1-6H,8H2. The highest BCUT2D eigenvalue weighted by molar-refractivity contribution is 5.43. The number of nitriles is 1. The zero-order chi connectivity index (χ0) is 13.8. The zero-order valence-corrected chi connectivity index (χ0v) is 9.66. The molecule has 5 heteroatoms. The molecule has 2 aromatic carbocycles. The van der Waals surface area contributed by atoms with E-state index in [-0.39, 0.29) is 23.5 Å². The predicted octanol–water partition coefficient (Wildman–Crippen LogP) is 3.55. The van der Waals surface area contributed by atoms with Crippen molar-refractivity contribution in [1.29, 1.82) is 5.26 Å². The topological polar surface area (TPSA) is 33.0 Å². The van der Waals surface area contributed by atoms with Crippen LogP contribution in [-0.2, 0) is 6.61 Å². The Kier molecular flexibility index (Phi) is 3.71. The first-order valence-corrected chi connectivity index (χ1v) is 5.37. The summed E-state index contributed by atoms with van der Waals surface area (Å²) < 4.78 is 44.5.